The Bertz CT molecular complexity index is 627. The van der Waals surface area contributed by atoms with Gasteiger partial charge in [0.25, 0.3) is 0 Å². The molecule has 0 aliphatic carbocycles. The molecule has 0 radical (unpaired) electrons. The molecule has 1 atom stereocenters. The van der Waals surface area contributed by atoms with Crippen molar-refractivity contribution in [1.82, 2.24) is 5.32 Å². The molecule has 1 aliphatic rings. The molecule has 104 valence electrons. The van der Waals surface area contributed by atoms with Crippen LogP contribution in [-0.2, 0) is 14.8 Å². The van der Waals surface area contributed by atoms with Gasteiger partial charge in [0.1, 0.15) is 0 Å². The fraction of sp³-hybridized carbons (Fsp3) is 0.364. The van der Waals surface area contributed by atoms with Crippen LogP contribution in [0.2, 0.25) is 0 Å². The molecule has 2 rings (SSSR count). The number of nitrogens with two attached hydrogens (primary N) is 2. The van der Waals surface area contributed by atoms with Gasteiger partial charge >= 0.3 is 0 Å². The van der Waals surface area contributed by atoms with E-state index >= 15 is 0 Å². The number of nitrogens with one attached hydrogen (secondary N) is 2. The van der Waals surface area contributed by atoms with Crippen LogP contribution in [0.1, 0.15) is 12.0 Å². The summed E-state index contributed by atoms with van der Waals surface area (Å²) in [4.78, 5) is 11.1. The predicted octanol–water partition coefficient (Wildman–Crippen LogP) is -0.475. The Balaban J connectivity index is 2.36. The van der Waals surface area contributed by atoms with Crippen LogP contribution in [0.3, 0.4) is 0 Å². The van der Waals surface area contributed by atoms with Crippen molar-refractivity contribution in [3.05, 3.63) is 17.7 Å². The maximum atomic E-state index is 11.5. The minimum Gasteiger partial charge on any atom is -0.399 e. The fourth-order valence-electron chi connectivity index (χ4n) is 2.08. The Hall–Kier alpha value is -1.80. The lowest BCUT2D eigenvalue weighted by molar-refractivity contribution is -0.119. The summed E-state index contributed by atoms with van der Waals surface area (Å²) in [5.41, 5.74) is 7.06. The van der Waals surface area contributed by atoms with Gasteiger partial charge in [-0.25, -0.2) is 13.6 Å². The number of rotatable bonds is 3. The van der Waals surface area contributed by atoms with Crippen molar-refractivity contribution in [2.24, 2.45) is 5.14 Å². The number of hydrogen-bond donors (Lipinski definition) is 4. The Morgan fingerprint density at radius 1 is 1.42 bits per heavy atom. The molecule has 1 aromatic carbocycles. The highest BCUT2D eigenvalue weighted by Gasteiger charge is 2.23. The van der Waals surface area contributed by atoms with Crippen LogP contribution in [0.25, 0.3) is 0 Å². The van der Waals surface area contributed by atoms with Gasteiger partial charge in [-0.05, 0) is 24.6 Å². The average molecular weight is 284 g/mol. The van der Waals surface area contributed by atoms with Gasteiger partial charge < -0.3 is 16.4 Å². The molecule has 1 fully saturated rings. The third-order valence-corrected chi connectivity index (χ3v) is 4.06. The summed E-state index contributed by atoms with van der Waals surface area (Å²) in [6.07, 6.45) is 0.346. The van der Waals surface area contributed by atoms with Crippen molar-refractivity contribution < 1.29 is 13.2 Å². The van der Waals surface area contributed by atoms with Gasteiger partial charge in [0.15, 0.2) is 0 Å². The van der Waals surface area contributed by atoms with Crippen molar-refractivity contribution >= 4 is 27.3 Å². The number of anilines is 2. The average Bonchev–Trinajstić information content (AvgIpc) is 2.67. The second-order valence-corrected chi connectivity index (χ2v) is 6.12. The fourth-order valence-corrected chi connectivity index (χ4v) is 2.92. The number of amides is 1. The Morgan fingerprint density at radius 2 is 2.11 bits per heavy atom. The molecule has 1 heterocycles. The number of carbonyl (C=O) groups is 1. The third-order valence-electron chi connectivity index (χ3n) is 3.03. The van der Waals surface area contributed by atoms with E-state index in [9.17, 15) is 13.2 Å². The zero-order valence-electron chi connectivity index (χ0n) is 10.4. The van der Waals surface area contributed by atoms with Crippen molar-refractivity contribution in [1.29, 1.82) is 0 Å². The number of sulfonamides is 1. The van der Waals surface area contributed by atoms with E-state index in [1.165, 1.54) is 6.07 Å². The molecular weight excluding hydrogens is 268 g/mol. The molecule has 1 saturated heterocycles. The predicted molar refractivity (Wildman–Crippen MR) is 72.0 cm³/mol. The van der Waals surface area contributed by atoms with E-state index in [2.05, 4.69) is 10.6 Å². The van der Waals surface area contributed by atoms with E-state index in [1.807, 2.05) is 0 Å². The molecule has 7 nitrogen and oxygen atoms in total. The summed E-state index contributed by atoms with van der Waals surface area (Å²) in [6, 6.07) is 2.88. The Morgan fingerprint density at radius 3 is 2.63 bits per heavy atom. The lowest BCUT2D eigenvalue weighted by Gasteiger charge is -2.17. The number of benzene rings is 1. The number of primary sulfonamides is 1. The maximum absolute atomic E-state index is 11.5. The molecule has 1 aliphatic heterocycles. The molecular formula is C11H16N4O3S. The van der Waals surface area contributed by atoms with Crippen molar-refractivity contribution in [3.63, 3.8) is 0 Å². The van der Waals surface area contributed by atoms with E-state index < -0.39 is 10.0 Å². The first-order valence-corrected chi connectivity index (χ1v) is 7.28. The van der Waals surface area contributed by atoms with Gasteiger partial charge in [0, 0.05) is 24.3 Å². The van der Waals surface area contributed by atoms with Gasteiger partial charge in [0.05, 0.1) is 10.9 Å². The normalized spacial score (nSPS) is 19.3. The monoisotopic (exact) mass is 284 g/mol. The number of nitrogen functional groups attached to an aromatic ring is 1. The Kier molecular flexibility index (Phi) is 3.38. The molecule has 1 unspecified atom stereocenters. The molecule has 19 heavy (non-hydrogen) atoms. The number of carbonyl (C=O) groups excluding carboxylic acids is 1. The van der Waals surface area contributed by atoms with Gasteiger partial charge in [0.2, 0.25) is 15.9 Å². The van der Waals surface area contributed by atoms with Crippen LogP contribution in [0.15, 0.2) is 17.0 Å². The summed E-state index contributed by atoms with van der Waals surface area (Å²) < 4.78 is 23.0. The van der Waals surface area contributed by atoms with E-state index in [4.69, 9.17) is 10.9 Å². The lowest BCUT2D eigenvalue weighted by Crippen LogP contribution is -2.23. The van der Waals surface area contributed by atoms with Gasteiger partial charge in [-0.2, -0.15) is 0 Å². The highest BCUT2D eigenvalue weighted by atomic mass is 32.2. The van der Waals surface area contributed by atoms with Crippen LogP contribution in [-0.4, -0.2) is 26.9 Å². The van der Waals surface area contributed by atoms with E-state index in [0.29, 0.717) is 29.9 Å². The van der Waals surface area contributed by atoms with Crippen LogP contribution >= 0.6 is 0 Å². The maximum Gasteiger partial charge on any atom is 0.238 e. The standard InChI is InChI=1S/C11H16N4O3S/c1-6-9(15-8-4-11(16)14-5-8)2-7(12)3-10(6)19(13,17)18/h2-3,8,15H,4-5,12H2,1H3,(H,14,16)(H2,13,17,18). The molecule has 0 spiro atoms. The molecule has 0 bridgehead atoms. The first-order chi connectivity index (χ1) is 8.77. The second kappa shape index (κ2) is 4.71. The largest absolute Gasteiger partial charge is 0.399 e. The molecule has 0 aromatic heterocycles. The quantitative estimate of drug-likeness (QED) is 0.558. The molecule has 0 saturated carbocycles. The highest BCUT2D eigenvalue weighted by Crippen LogP contribution is 2.27. The van der Waals surface area contributed by atoms with Crippen LogP contribution in [0.5, 0.6) is 0 Å². The summed E-state index contributed by atoms with van der Waals surface area (Å²) >= 11 is 0. The minimum absolute atomic E-state index is 0.00715. The Labute approximate surface area is 111 Å². The van der Waals surface area contributed by atoms with Gasteiger partial charge in [-0.1, -0.05) is 0 Å². The minimum atomic E-state index is -3.83. The highest BCUT2D eigenvalue weighted by molar-refractivity contribution is 7.89. The zero-order chi connectivity index (χ0) is 14.2. The SMILES string of the molecule is Cc1c(NC2CNC(=O)C2)cc(N)cc1S(N)(=O)=O. The van der Waals surface area contributed by atoms with Crippen LogP contribution in [0.4, 0.5) is 11.4 Å². The zero-order valence-corrected chi connectivity index (χ0v) is 11.3. The van der Waals surface area contributed by atoms with Crippen LogP contribution < -0.4 is 21.5 Å². The van der Waals surface area contributed by atoms with Crippen LogP contribution in [0, 0.1) is 6.92 Å². The molecule has 1 amide bonds. The molecule has 1 aromatic rings. The number of hydrogen-bond acceptors (Lipinski definition) is 5. The second-order valence-electron chi connectivity index (χ2n) is 4.59. The summed E-state index contributed by atoms with van der Waals surface area (Å²) in [5, 5.41) is 11.0. The van der Waals surface area contributed by atoms with E-state index in [0.717, 1.165) is 0 Å². The summed E-state index contributed by atoms with van der Waals surface area (Å²) in [6.45, 7) is 2.14. The first-order valence-electron chi connectivity index (χ1n) is 5.73. The summed E-state index contributed by atoms with van der Waals surface area (Å²) in [5.74, 6) is -0.0364. The molecule has 8 heteroatoms. The molecule has 6 N–H and O–H groups in total. The third kappa shape index (κ3) is 2.96. The lowest BCUT2D eigenvalue weighted by atomic mass is 10.1. The topological polar surface area (TPSA) is 127 Å². The van der Waals surface area contributed by atoms with E-state index in [-0.39, 0.29) is 16.8 Å². The van der Waals surface area contributed by atoms with E-state index in [1.54, 1.807) is 13.0 Å². The smallest absolute Gasteiger partial charge is 0.238 e. The van der Waals surface area contributed by atoms with Crippen molar-refractivity contribution in [2.75, 3.05) is 17.6 Å². The first kappa shape index (κ1) is 13.6. The van der Waals surface area contributed by atoms with Crippen molar-refractivity contribution in [3.8, 4) is 0 Å². The van der Waals surface area contributed by atoms with Gasteiger partial charge in [-0.15, -0.1) is 0 Å². The van der Waals surface area contributed by atoms with Crippen molar-refractivity contribution in [2.45, 2.75) is 24.3 Å². The summed E-state index contributed by atoms with van der Waals surface area (Å²) in [7, 11) is -3.83. The van der Waals surface area contributed by atoms with Gasteiger partial charge in [-0.3, -0.25) is 4.79 Å².